The SMILES string of the molecule is CC(CC(=O)O)c1ccc(OCC2(COc3cc(C(F)(F)F)cc(C(F)(F)F)c3)CC2)cc1. The van der Waals surface area contributed by atoms with Gasteiger partial charge in [-0.25, -0.2) is 0 Å². The third kappa shape index (κ3) is 6.79. The summed E-state index contributed by atoms with van der Waals surface area (Å²) in [6.45, 7) is 1.89. The van der Waals surface area contributed by atoms with Crippen LogP contribution in [-0.2, 0) is 17.1 Å². The van der Waals surface area contributed by atoms with Gasteiger partial charge in [0, 0.05) is 5.41 Å². The summed E-state index contributed by atoms with van der Waals surface area (Å²) >= 11 is 0. The van der Waals surface area contributed by atoms with Crippen LogP contribution in [0.25, 0.3) is 0 Å². The summed E-state index contributed by atoms with van der Waals surface area (Å²) in [7, 11) is 0. The lowest BCUT2D eigenvalue weighted by atomic mass is 9.98. The van der Waals surface area contributed by atoms with Gasteiger partial charge in [-0.1, -0.05) is 19.1 Å². The molecule has 1 saturated carbocycles. The Morgan fingerprint density at radius 2 is 1.39 bits per heavy atom. The van der Waals surface area contributed by atoms with Crippen molar-refractivity contribution in [1.29, 1.82) is 0 Å². The smallest absolute Gasteiger partial charge is 0.416 e. The monoisotopic (exact) mass is 476 g/mol. The van der Waals surface area contributed by atoms with Gasteiger partial charge in [0.2, 0.25) is 0 Å². The molecule has 0 heterocycles. The summed E-state index contributed by atoms with van der Waals surface area (Å²) in [4.78, 5) is 10.8. The molecule has 1 atom stereocenters. The van der Waals surface area contributed by atoms with Crippen LogP contribution in [0.15, 0.2) is 42.5 Å². The number of ether oxygens (including phenoxy) is 2. The van der Waals surface area contributed by atoms with Crippen molar-refractivity contribution in [3.63, 3.8) is 0 Å². The fraction of sp³-hybridized carbons (Fsp3) is 0.435. The summed E-state index contributed by atoms with van der Waals surface area (Å²) in [6.07, 6.45) is -8.56. The third-order valence-electron chi connectivity index (χ3n) is 5.54. The van der Waals surface area contributed by atoms with Gasteiger partial charge in [-0.05, 0) is 54.7 Å². The summed E-state index contributed by atoms with van der Waals surface area (Å²) in [5.41, 5.74) is -2.52. The predicted molar refractivity (Wildman–Crippen MR) is 106 cm³/mol. The Hall–Kier alpha value is -2.91. The standard InChI is InChI=1S/C23H22F6O4/c1-14(8-20(30)31)15-2-4-18(5-3-15)32-12-21(6-7-21)13-33-19-10-16(22(24,25)26)9-17(11-19)23(27,28)29/h2-5,9-11,14H,6-8,12-13H2,1H3,(H,30,31). The molecule has 0 bridgehead atoms. The fourth-order valence-corrected chi connectivity index (χ4v) is 3.26. The Labute approximate surface area is 186 Å². The molecule has 0 saturated heterocycles. The fourth-order valence-electron chi connectivity index (χ4n) is 3.26. The first kappa shape index (κ1) is 24.7. The maximum absolute atomic E-state index is 13.0. The van der Waals surface area contributed by atoms with Crippen molar-refractivity contribution in [2.75, 3.05) is 13.2 Å². The molecule has 2 aromatic rings. The molecule has 1 unspecified atom stereocenters. The van der Waals surface area contributed by atoms with E-state index in [1.54, 1.807) is 31.2 Å². The summed E-state index contributed by atoms with van der Waals surface area (Å²) in [5, 5.41) is 8.88. The molecular weight excluding hydrogens is 454 g/mol. The maximum atomic E-state index is 13.0. The van der Waals surface area contributed by atoms with Crippen LogP contribution >= 0.6 is 0 Å². The average Bonchev–Trinajstić information content (AvgIpc) is 3.49. The average molecular weight is 476 g/mol. The first-order valence-corrected chi connectivity index (χ1v) is 10.1. The van der Waals surface area contributed by atoms with E-state index in [4.69, 9.17) is 14.6 Å². The topological polar surface area (TPSA) is 55.8 Å². The highest BCUT2D eigenvalue weighted by atomic mass is 19.4. The number of hydrogen-bond donors (Lipinski definition) is 1. The molecule has 1 aliphatic rings. The molecule has 0 spiro atoms. The zero-order chi connectivity index (χ0) is 24.4. The minimum Gasteiger partial charge on any atom is -0.493 e. The van der Waals surface area contributed by atoms with Crippen molar-refractivity contribution in [2.45, 2.75) is 44.5 Å². The normalized spacial score (nSPS) is 16.2. The first-order valence-electron chi connectivity index (χ1n) is 10.1. The van der Waals surface area contributed by atoms with Crippen LogP contribution in [0.3, 0.4) is 0 Å². The highest BCUT2D eigenvalue weighted by Gasteiger charge is 2.45. The lowest BCUT2D eigenvalue weighted by Gasteiger charge is -2.19. The summed E-state index contributed by atoms with van der Waals surface area (Å²) < 4.78 is 89.1. The quantitative estimate of drug-likeness (QED) is 0.418. The van der Waals surface area contributed by atoms with Gasteiger partial charge < -0.3 is 14.6 Å². The Bertz CT molecular complexity index is 946. The van der Waals surface area contributed by atoms with Gasteiger partial charge >= 0.3 is 18.3 Å². The molecule has 0 amide bonds. The zero-order valence-electron chi connectivity index (χ0n) is 17.6. The first-order chi connectivity index (χ1) is 15.3. The Balaban J connectivity index is 1.62. The minimum atomic E-state index is -4.94. The van der Waals surface area contributed by atoms with Crippen molar-refractivity contribution >= 4 is 5.97 Å². The van der Waals surface area contributed by atoms with Gasteiger partial charge in [-0.2, -0.15) is 26.3 Å². The Morgan fingerprint density at radius 3 is 1.82 bits per heavy atom. The van der Waals surface area contributed by atoms with Crippen LogP contribution in [0.2, 0.25) is 0 Å². The Morgan fingerprint density at radius 1 is 0.909 bits per heavy atom. The molecule has 33 heavy (non-hydrogen) atoms. The molecule has 4 nitrogen and oxygen atoms in total. The third-order valence-corrected chi connectivity index (χ3v) is 5.54. The van der Waals surface area contributed by atoms with Gasteiger partial charge in [0.05, 0.1) is 30.8 Å². The lowest BCUT2D eigenvalue weighted by Crippen LogP contribution is -2.21. The molecule has 180 valence electrons. The van der Waals surface area contributed by atoms with Gasteiger partial charge in [0.25, 0.3) is 0 Å². The largest absolute Gasteiger partial charge is 0.493 e. The van der Waals surface area contributed by atoms with Crippen LogP contribution in [0, 0.1) is 5.41 Å². The number of halogens is 6. The molecule has 10 heteroatoms. The van der Waals surface area contributed by atoms with Crippen molar-refractivity contribution < 1.29 is 45.7 Å². The van der Waals surface area contributed by atoms with Crippen LogP contribution in [0.5, 0.6) is 11.5 Å². The van der Waals surface area contributed by atoms with Crippen molar-refractivity contribution in [3.05, 3.63) is 59.2 Å². The zero-order valence-corrected chi connectivity index (χ0v) is 17.6. The van der Waals surface area contributed by atoms with E-state index in [2.05, 4.69) is 0 Å². The predicted octanol–water partition coefficient (Wildman–Crippen LogP) is 6.54. The van der Waals surface area contributed by atoms with Crippen molar-refractivity contribution in [1.82, 2.24) is 0 Å². The minimum absolute atomic E-state index is 0.00769. The van der Waals surface area contributed by atoms with E-state index in [0.29, 0.717) is 30.7 Å². The van der Waals surface area contributed by atoms with Crippen molar-refractivity contribution in [3.8, 4) is 11.5 Å². The summed E-state index contributed by atoms with van der Waals surface area (Å²) in [6, 6.07) is 8.05. The number of carboxylic acids is 1. The number of carbonyl (C=O) groups is 1. The number of rotatable bonds is 9. The van der Waals surface area contributed by atoms with Gasteiger partial charge in [0.1, 0.15) is 11.5 Å². The van der Waals surface area contributed by atoms with Gasteiger partial charge in [0.15, 0.2) is 0 Å². The highest BCUT2D eigenvalue weighted by molar-refractivity contribution is 5.68. The van der Waals surface area contributed by atoms with E-state index in [0.717, 1.165) is 5.56 Å². The van der Waals surface area contributed by atoms with E-state index in [1.807, 2.05) is 0 Å². The van der Waals surface area contributed by atoms with Crippen LogP contribution in [0.1, 0.15) is 48.8 Å². The highest BCUT2D eigenvalue weighted by Crippen LogP contribution is 2.47. The molecule has 0 radical (unpaired) electrons. The Kier molecular flexibility index (Phi) is 6.85. The number of benzene rings is 2. The van der Waals surface area contributed by atoms with E-state index in [1.165, 1.54) is 0 Å². The summed E-state index contributed by atoms with van der Waals surface area (Å²) in [5.74, 6) is -1.05. The number of aliphatic carboxylic acids is 1. The van der Waals surface area contributed by atoms with Gasteiger partial charge in [-0.15, -0.1) is 0 Å². The number of carboxylic acid groups (broad SMARTS) is 1. The van der Waals surface area contributed by atoms with E-state index in [9.17, 15) is 31.1 Å². The second kappa shape index (κ2) is 9.15. The second-order valence-electron chi connectivity index (χ2n) is 8.39. The van der Waals surface area contributed by atoms with Crippen LogP contribution in [0.4, 0.5) is 26.3 Å². The molecule has 1 fully saturated rings. The number of alkyl halides is 6. The molecule has 3 rings (SSSR count). The van der Waals surface area contributed by atoms with E-state index < -0.39 is 40.6 Å². The molecule has 2 aromatic carbocycles. The maximum Gasteiger partial charge on any atom is 0.416 e. The molecular formula is C23H22F6O4. The van der Waals surface area contributed by atoms with Crippen LogP contribution in [-0.4, -0.2) is 24.3 Å². The van der Waals surface area contributed by atoms with Crippen molar-refractivity contribution in [2.24, 2.45) is 5.41 Å². The molecule has 1 N–H and O–H groups in total. The lowest BCUT2D eigenvalue weighted by molar-refractivity contribution is -0.143. The van der Waals surface area contributed by atoms with E-state index in [-0.39, 0.29) is 31.6 Å². The number of hydrogen-bond acceptors (Lipinski definition) is 3. The molecule has 1 aliphatic carbocycles. The van der Waals surface area contributed by atoms with Gasteiger partial charge in [-0.3, -0.25) is 4.79 Å². The molecule has 0 aromatic heterocycles. The van der Waals surface area contributed by atoms with Crippen LogP contribution < -0.4 is 9.47 Å². The molecule has 0 aliphatic heterocycles. The van der Waals surface area contributed by atoms with E-state index >= 15 is 0 Å². The second-order valence-corrected chi connectivity index (χ2v) is 8.39.